The molecule has 23 heavy (non-hydrogen) atoms. The lowest BCUT2D eigenvalue weighted by Gasteiger charge is -2.10. The van der Waals surface area contributed by atoms with Gasteiger partial charge in [-0.05, 0) is 61.9 Å². The van der Waals surface area contributed by atoms with Gasteiger partial charge in [0, 0.05) is 4.88 Å². The van der Waals surface area contributed by atoms with Crippen molar-refractivity contribution >= 4 is 32.3 Å². The number of carbonyl (C=O) groups excluding carboxylic acids is 1. The summed E-state index contributed by atoms with van der Waals surface area (Å²) in [5.41, 5.74) is 8.62. The summed E-state index contributed by atoms with van der Waals surface area (Å²) in [6, 6.07) is 4.96. The fourth-order valence-electron chi connectivity index (χ4n) is 2.80. The van der Waals surface area contributed by atoms with Crippen LogP contribution < -0.4 is 10.5 Å². The molecule has 3 N–H and O–H groups in total. The molecule has 0 aliphatic heterocycles. The van der Waals surface area contributed by atoms with Gasteiger partial charge in [0.05, 0.1) is 10.5 Å². The number of nitrogens with one attached hydrogen (secondary N) is 1. The Kier molecular flexibility index (Phi) is 3.93. The first kappa shape index (κ1) is 16.0. The van der Waals surface area contributed by atoms with E-state index in [9.17, 15) is 13.2 Å². The summed E-state index contributed by atoms with van der Waals surface area (Å²) in [5.74, 6) is -0.581. The number of amides is 1. The summed E-state index contributed by atoms with van der Waals surface area (Å²) in [6.45, 7) is 3.79. The highest BCUT2D eigenvalue weighted by molar-refractivity contribution is 7.93. The molecule has 0 fully saturated rings. The smallest absolute Gasteiger partial charge is 0.262 e. The second-order valence-electron chi connectivity index (χ2n) is 5.78. The van der Waals surface area contributed by atoms with Crippen LogP contribution in [-0.4, -0.2) is 14.3 Å². The molecule has 2 aromatic rings. The average Bonchev–Trinajstić information content (AvgIpc) is 3.00. The molecule has 122 valence electrons. The van der Waals surface area contributed by atoms with E-state index in [1.54, 1.807) is 18.2 Å². The molecule has 7 heteroatoms. The number of rotatable bonds is 4. The van der Waals surface area contributed by atoms with E-state index in [0.717, 1.165) is 40.8 Å². The van der Waals surface area contributed by atoms with Crippen molar-refractivity contribution in [2.24, 2.45) is 5.73 Å². The van der Waals surface area contributed by atoms with Crippen LogP contribution in [0.15, 0.2) is 23.1 Å². The standard InChI is InChI=1S/C16H18N2O3S2/c1-9-6-7-11(8-10(9)2)23(20,21)18-16-14(15(17)19)12-4-3-5-13(12)22-16/h6-8,18H,3-5H2,1-2H3,(H2,17,19). The molecule has 1 heterocycles. The Bertz CT molecular complexity index is 898. The van der Waals surface area contributed by atoms with Crippen molar-refractivity contribution < 1.29 is 13.2 Å². The average molecular weight is 350 g/mol. The molecule has 3 rings (SSSR count). The Balaban J connectivity index is 2.01. The molecule has 0 bridgehead atoms. The second kappa shape index (κ2) is 5.65. The summed E-state index contributed by atoms with van der Waals surface area (Å²) < 4.78 is 27.8. The number of hydrogen-bond acceptors (Lipinski definition) is 4. The molecule has 0 saturated carbocycles. The monoisotopic (exact) mass is 350 g/mol. The third-order valence-corrected chi connectivity index (χ3v) is 6.87. The fourth-order valence-corrected chi connectivity index (χ4v) is 5.48. The van der Waals surface area contributed by atoms with E-state index in [1.165, 1.54) is 11.3 Å². The van der Waals surface area contributed by atoms with E-state index in [-0.39, 0.29) is 4.90 Å². The summed E-state index contributed by atoms with van der Waals surface area (Å²) in [7, 11) is -3.74. The predicted molar refractivity (Wildman–Crippen MR) is 91.6 cm³/mol. The minimum Gasteiger partial charge on any atom is -0.365 e. The first-order valence-corrected chi connectivity index (χ1v) is 9.64. The van der Waals surface area contributed by atoms with Crippen molar-refractivity contribution in [3.63, 3.8) is 0 Å². The molecule has 0 saturated heterocycles. The van der Waals surface area contributed by atoms with Crippen LogP contribution in [0.5, 0.6) is 0 Å². The first-order chi connectivity index (χ1) is 10.8. The van der Waals surface area contributed by atoms with Crippen molar-refractivity contribution in [1.29, 1.82) is 0 Å². The Morgan fingerprint density at radius 3 is 2.61 bits per heavy atom. The highest BCUT2D eigenvalue weighted by Crippen LogP contribution is 2.39. The van der Waals surface area contributed by atoms with Gasteiger partial charge in [-0.3, -0.25) is 9.52 Å². The summed E-state index contributed by atoms with van der Waals surface area (Å²) in [4.78, 5) is 13.0. The number of anilines is 1. The maximum atomic E-state index is 12.6. The van der Waals surface area contributed by atoms with Crippen LogP contribution in [0, 0.1) is 13.8 Å². The normalized spacial score (nSPS) is 13.8. The van der Waals surface area contributed by atoms with Gasteiger partial charge in [0.1, 0.15) is 5.00 Å². The molecule has 1 aliphatic rings. The van der Waals surface area contributed by atoms with E-state index in [2.05, 4.69) is 4.72 Å². The summed E-state index contributed by atoms with van der Waals surface area (Å²) in [6.07, 6.45) is 2.62. The Hall–Kier alpha value is -1.86. The third-order valence-electron chi connectivity index (χ3n) is 4.18. The summed E-state index contributed by atoms with van der Waals surface area (Å²) in [5, 5.41) is 0.334. The van der Waals surface area contributed by atoms with Crippen LogP contribution in [0.3, 0.4) is 0 Å². The molecular weight excluding hydrogens is 332 g/mol. The first-order valence-electron chi connectivity index (χ1n) is 7.34. The van der Waals surface area contributed by atoms with Crippen LogP contribution in [0.4, 0.5) is 5.00 Å². The minimum absolute atomic E-state index is 0.185. The maximum absolute atomic E-state index is 12.6. The predicted octanol–water partition coefficient (Wildman–Crippen LogP) is 2.75. The largest absolute Gasteiger partial charge is 0.365 e. The molecular formula is C16H18N2O3S2. The lowest BCUT2D eigenvalue weighted by molar-refractivity contribution is 0.100. The topological polar surface area (TPSA) is 89.3 Å². The third kappa shape index (κ3) is 2.86. The van der Waals surface area contributed by atoms with E-state index in [1.807, 2.05) is 13.8 Å². The zero-order valence-electron chi connectivity index (χ0n) is 13.0. The van der Waals surface area contributed by atoms with Crippen LogP contribution in [-0.2, 0) is 22.9 Å². The molecule has 0 radical (unpaired) electrons. The number of primary amides is 1. The molecule has 1 aromatic heterocycles. The number of thiophene rings is 1. The Morgan fingerprint density at radius 1 is 1.22 bits per heavy atom. The van der Waals surface area contributed by atoms with Gasteiger partial charge >= 0.3 is 0 Å². The lowest BCUT2D eigenvalue weighted by Crippen LogP contribution is -2.18. The molecule has 5 nitrogen and oxygen atoms in total. The van der Waals surface area contributed by atoms with Crippen LogP contribution in [0.1, 0.15) is 38.3 Å². The summed E-state index contributed by atoms with van der Waals surface area (Å²) >= 11 is 1.31. The molecule has 0 spiro atoms. The number of fused-ring (bicyclic) bond motifs is 1. The van der Waals surface area contributed by atoms with Crippen molar-refractivity contribution in [3.05, 3.63) is 45.3 Å². The number of nitrogens with two attached hydrogens (primary N) is 1. The fraction of sp³-hybridized carbons (Fsp3) is 0.312. The number of hydrogen-bond donors (Lipinski definition) is 2. The quantitative estimate of drug-likeness (QED) is 0.888. The molecule has 1 aromatic carbocycles. The van der Waals surface area contributed by atoms with Gasteiger partial charge in [0.2, 0.25) is 0 Å². The number of benzene rings is 1. The van der Waals surface area contributed by atoms with Gasteiger partial charge < -0.3 is 5.73 Å². The minimum atomic E-state index is -3.74. The zero-order valence-corrected chi connectivity index (χ0v) is 14.6. The van der Waals surface area contributed by atoms with E-state index >= 15 is 0 Å². The van der Waals surface area contributed by atoms with Crippen molar-refractivity contribution in [2.75, 3.05) is 4.72 Å². The van der Waals surface area contributed by atoms with Gasteiger partial charge in [-0.25, -0.2) is 8.42 Å². The number of sulfonamides is 1. The van der Waals surface area contributed by atoms with E-state index < -0.39 is 15.9 Å². The van der Waals surface area contributed by atoms with E-state index in [4.69, 9.17) is 5.73 Å². The van der Waals surface area contributed by atoms with Crippen LogP contribution in [0.2, 0.25) is 0 Å². The van der Waals surface area contributed by atoms with Gasteiger partial charge in [0.25, 0.3) is 15.9 Å². The Morgan fingerprint density at radius 2 is 1.96 bits per heavy atom. The SMILES string of the molecule is Cc1ccc(S(=O)(=O)Nc2sc3c(c2C(N)=O)CCC3)cc1C. The lowest BCUT2D eigenvalue weighted by atomic mass is 10.1. The highest BCUT2D eigenvalue weighted by atomic mass is 32.2. The van der Waals surface area contributed by atoms with Crippen molar-refractivity contribution in [2.45, 2.75) is 38.0 Å². The number of carbonyl (C=O) groups is 1. The highest BCUT2D eigenvalue weighted by Gasteiger charge is 2.28. The Labute approximate surface area is 139 Å². The molecule has 1 amide bonds. The van der Waals surface area contributed by atoms with Gasteiger partial charge in [-0.15, -0.1) is 11.3 Å². The van der Waals surface area contributed by atoms with Crippen molar-refractivity contribution in [3.8, 4) is 0 Å². The van der Waals surface area contributed by atoms with Gasteiger partial charge in [0.15, 0.2) is 0 Å². The van der Waals surface area contributed by atoms with Gasteiger partial charge in [-0.1, -0.05) is 6.07 Å². The van der Waals surface area contributed by atoms with Gasteiger partial charge in [-0.2, -0.15) is 0 Å². The van der Waals surface area contributed by atoms with Crippen LogP contribution >= 0.6 is 11.3 Å². The zero-order chi connectivity index (χ0) is 16.8. The molecule has 0 atom stereocenters. The second-order valence-corrected chi connectivity index (χ2v) is 8.56. The van der Waals surface area contributed by atoms with Crippen molar-refractivity contribution in [1.82, 2.24) is 0 Å². The molecule has 1 aliphatic carbocycles. The number of aryl methyl sites for hydroxylation is 3. The maximum Gasteiger partial charge on any atom is 0.262 e. The molecule has 0 unspecified atom stereocenters. The van der Waals surface area contributed by atoms with Crippen LogP contribution in [0.25, 0.3) is 0 Å². The van der Waals surface area contributed by atoms with E-state index in [0.29, 0.717) is 10.6 Å².